The minimum Gasteiger partial charge on any atom is -0.323 e. The van der Waals surface area contributed by atoms with Gasteiger partial charge in [-0.1, -0.05) is 0 Å². The van der Waals surface area contributed by atoms with Crippen LogP contribution in [0.4, 0.5) is 0 Å². The standard InChI is InChI=1S/C9H15N3O2S/c1-7(10)9-2-4-11-12(9)8-3-5-15(13,14)6-8/h2,4,7-8H,3,5-6,10H2,1H3. The summed E-state index contributed by atoms with van der Waals surface area (Å²) in [7, 11) is -2.87. The average Bonchev–Trinajstić information content (AvgIpc) is 2.69. The van der Waals surface area contributed by atoms with Gasteiger partial charge in [0.2, 0.25) is 0 Å². The fourth-order valence-corrected chi connectivity index (χ4v) is 3.65. The molecule has 6 heteroatoms. The van der Waals surface area contributed by atoms with Crippen LogP contribution in [0.5, 0.6) is 0 Å². The van der Waals surface area contributed by atoms with Crippen LogP contribution in [0.1, 0.15) is 31.1 Å². The maximum absolute atomic E-state index is 11.3. The van der Waals surface area contributed by atoms with Crippen LogP contribution in [0.3, 0.4) is 0 Å². The molecule has 0 aliphatic carbocycles. The molecule has 0 spiro atoms. The number of nitrogens with zero attached hydrogens (tertiary/aromatic N) is 2. The van der Waals surface area contributed by atoms with Gasteiger partial charge in [-0.2, -0.15) is 5.10 Å². The fourth-order valence-electron chi connectivity index (χ4n) is 1.96. The van der Waals surface area contributed by atoms with Gasteiger partial charge in [-0.05, 0) is 19.4 Å². The summed E-state index contributed by atoms with van der Waals surface area (Å²) in [4.78, 5) is 0. The summed E-state index contributed by atoms with van der Waals surface area (Å²) < 4.78 is 24.4. The monoisotopic (exact) mass is 229 g/mol. The summed E-state index contributed by atoms with van der Waals surface area (Å²) in [5.74, 6) is 0.449. The fraction of sp³-hybridized carbons (Fsp3) is 0.667. The summed E-state index contributed by atoms with van der Waals surface area (Å²) in [6, 6.07) is 1.69. The van der Waals surface area contributed by atoms with E-state index < -0.39 is 9.84 Å². The smallest absolute Gasteiger partial charge is 0.152 e. The number of nitrogens with two attached hydrogens (primary N) is 1. The molecular weight excluding hydrogens is 214 g/mol. The van der Waals surface area contributed by atoms with Crippen molar-refractivity contribution in [3.05, 3.63) is 18.0 Å². The largest absolute Gasteiger partial charge is 0.323 e. The zero-order valence-electron chi connectivity index (χ0n) is 8.63. The predicted molar refractivity (Wildman–Crippen MR) is 57.1 cm³/mol. The van der Waals surface area contributed by atoms with Crippen LogP contribution in [0.2, 0.25) is 0 Å². The lowest BCUT2D eigenvalue weighted by Crippen LogP contribution is -2.19. The summed E-state index contributed by atoms with van der Waals surface area (Å²) >= 11 is 0. The second-order valence-electron chi connectivity index (χ2n) is 4.05. The molecule has 1 aliphatic rings. The van der Waals surface area contributed by atoms with Crippen molar-refractivity contribution < 1.29 is 8.42 Å². The van der Waals surface area contributed by atoms with Crippen molar-refractivity contribution in [2.45, 2.75) is 25.4 Å². The zero-order chi connectivity index (χ0) is 11.1. The van der Waals surface area contributed by atoms with E-state index in [1.807, 2.05) is 13.0 Å². The Bertz CT molecular complexity index is 450. The molecule has 0 bridgehead atoms. The van der Waals surface area contributed by atoms with E-state index in [0.717, 1.165) is 5.69 Å². The first-order chi connectivity index (χ1) is 6.99. The van der Waals surface area contributed by atoms with Gasteiger partial charge in [0.1, 0.15) is 0 Å². The zero-order valence-corrected chi connectivity index (χ0v) is 9.44. The van der Waals surface area contributed by atoms with Crippen molar-refractivity contribution in [1.29, 1.82) is 0 Å². The van der Waals surface area contributed by atoms with E-state index in [9.17, 15) is 8.42 Å². The molecule has 2 N–H and O–H groups in total. The van der Waals surface area contributed by atoms with E-state index in [2.05, 4.69) is 5.10 Å². The van der Waals surface area contributed by atoms with Crippen LogP contribution in [0.25, 0.3) is 0 Å². The van der Waals surface area contributed by atoms with E-state index in [1.165, 1.54) is 0 Å². The quantitative estimate of drug-likeness (QED) is 0.789. The molecule has 1 fully saturated rings. The molecule has 1 aromatic heterocycles. The minimum absolute atomic E-state index is 0.0361. The summed E-state index contributed by atoms with van der Waals surface area (Å²) in [6.45, 7) is 1.87. The maximum Gasteiger partial charge on any atom is 0.152 e. The van der Waals surface area contributed by atoms with Crippen molar-refractivity contribution in [2.24, 2.45) is 5.73 Å². The summed E-state index contributed by atoms with van der Waals surface area (Å²) in [6.07, 6.45) is 2.31. The number of hydrogen-bond donors (Lipinski definition) is 1. The first-order valence-corrected chi connectivity index (χ1v) is 6.81. The molecule has 2 atom stereocenters. The minimum atomic E-state index is -2.87. The third kappa shape index (κ3) is 2.05. The number of sulfone groups is 1. The highest BCUT2D eigenvalue weighted by Gasteiger charge is 2.30. The molecule has 15 heavy (non-hydrogen) atoms. The third-order valence-electron chi connectivity index (χ3n) is 2.72. The molecular formula is C9H15N3O2S. The SMILES string of the molecule is CC(N)c1ccnn1C1CCS(=O)(=O)C1. The van der Waals surface area contributed by atoms with Gasteiger partial charge in [-0.3, -0.25) is 4.68 Å². The Hall–Kier alpha value is -0.880. The predicted octanol–water partition coefficient (Wildman–Crippen LogP) is 0.262. The van der Waals surface area contributed by atoms with Crippen LogP contribution in [-0.4, -0.2) is 29.7 Å². The van der Waals surface area contributed by atoms with Crippen molar-refractivity contribution >= 4 is 9.84 Å². The first-order valence-electron chi connectivity index (χ1n) is 4.99. The van der Waals surface area contributed by atoms with Crippen LogP contribution >= 0.6 is 0 Å². The van der Waals surface area contributed by atoms with Crippen LogP contribution in [0.15, 0.2) is 12.3 Å². The van der Waals surface area contributed by atoms with Gasteiger partial charge in [-0.15, -0.1) is 0 Å². The first kappa shape index (κ1) is 10.6. The lowest BCUT2D eigenvalue weighted by molar-refractivity contribution is 0.468. The number of aromatic nitrogens is 2. The molecule has 84 valence electrons. The number of rotatable bonds is 2. The Kier molecular flexibility index (Phi) is 2.56. The summed E-state index contributed by atoms with van der Waals surface area (Å²) in [5, 5.41) is 4.16. The molecule has 1 aromatic rings. The molecule has 0 radical (unpaired) electrons. The molecule has 0 aromatic carbocycles. The Morgan fingerprint density at radius 1 is 1.67 bits per heavy atom. The van der Waals surface area contributed by atoms with Gasteiger partial charge in [0.15, 0.2) is 9.84 Å². The molecule has 2 rings (SSSR count). The highest BCUT2D eigenvalue weighted by atomic mass is 32.2. The van der Waals surface area contributed by atoms with Gasteiger partial charge in [0.05, 0.1) is 23.2 Å². The average molecular weight is 229 g/mol. The molecule has 0 saturated carbocycles. The van der Waals surface area contributed by atoms with Crippen LogP contribution in [0, 0.1) is 0 Å². The second kappa shape index (κ2) is 3.61. The van der Waals surface area contributed by atoms with E-state index >= 15 is 0 Å². The van der Waals surface area contributed by atoms with Crippen molar-refractivity contribution in [2.75, 3.05) is 11.5 Å². The van der Waals surface area contributed by atoms with Crippen LogP contribution in [-0.2, 0) is 9.84 Å². The van der Waals surface area contributed by atoms with Gasteiger partial charge in [0.25, 0.3) is 0 Å². The molecule has 1 aliphatic heterocycles. The van der Waals surface area contributed by atoms with Crippen molar-refractivity contribution in [1.82, 2.24) is 9.78 Å². The Morgan fingerprint density at radius 3 is 2.93 bits per heavy atom. The Balaban J connectivity index is 2.28. The third-order valence-corrected chi connectivity index (χ3v) is 4.47. The van der Waals surface area contributed by atoms with Crippen LogP contribution < -0.4 is 5.73 Å². The van der Waals surface area contributed by atoms with Gasteiger partial charge in [0, 0.05) is 12.2 Å². The highest BCUT2D eigenvalue weighted by molar-refractivity contribution is 7.91. The molecule has 2 unspecified atom stereocenters. The maximum atomic E-state index is 11.3. The molecule has 5 nitrogen and oxygen atoms in total. The van der Waals surface area contributed by atoms with Gasteiger partial charge < -0.3 is 5.73 Å². The van der Waals surface area contributed by atoms with E-state index in [-0.39, 0.29) is 23.6 Å². The lowest BCUT2D eigenvalue weighted by Gasteiger charge is -2.15. The van der Waals surface area contributed by atoms with E-state index in [4.69, 9.17) is 5.73 Å². The molecule has 2 heterocycles. The lowest BCUT2D eigenvalue weighted by atomic mass is 10.2. The van der Waals surface area contributed by atoms with Gasteiger partial charge >= 0.3 is 0 Å². The Labute approximate surface area is 89.2 Å². The van der Waals surface area contributed by atoms with E-state index in [1.54, 1.807) is 10.9 Å². The second-order valence-corrected chi connectivity index (χ2v) is 6.27. The van der Waals surface area contributed by atoms with Crippen molar-refractivity contribution in [3.8, 4) is 0 Å². The van der Waals surface area contributed by atoms with E-state index in [0.29, 0.717) is 6.42 Å². The molecule has 1 saturated heterocycles. The molecule has 0 amide bonds. The van der Waals surface area contributed by atoms with Gasteiger partial charge in [-0.25, -0.2) is 8.42 Å². The number of hydrogen-bond acceptors (Lipinski definition) is 4. The summed E-state index contributed by atoms with van der Waals surface area (Å²) in [5.41, 5.74) is 6.68. The topological polar surface area (TPSA) is 78.0 Å². The highest BCUT2D eigenvalue weighted by Crippen LogP contribution is 2.25. The normalized spacial score (nSPS) is 26.7. The Morgan fingerprint density at radius 2 is 2.40 bits per heavy atom. The van der Waals surface area contributed by atoms with Crippen molar-refractivity contribution in [3.63, 3.8) is 0 Å².